The van der Waals surface area contributed by atoms with Crippen molar-refractivity contribution in [1.29, 1.82) is 0 Å². The van der Waals surface area contributed by atoms with E-state index in [1.165, 1.54) is 23.6 Å². The lowest BCUT2D eigenvalue weighted by Crippen LogP contribution is -2.59. The van der Waals surface area contributed by atoms with Crippen LogP contribution in [0.5, 0.6) is 11.5 Å². The average Bonchev–Trinajstić information content (AvgIpc) is 2.76. The molecule has 1 heterocycles. The Morgan fingerprint density at radius 2 is 1.71 bits per heavy atom. The second-order valence-corrected chi connectivity index (χ2v) is 11.1. The molecule has 3 N–H and O–H groups in total. The monoisotopic (exact) mass is 488 g/mol. The summed E-state index contributed by atoms with van der Waals surface area (Å²) in [5.41, 5.74) is 5.50. The van der Waals surface area contributed by atoms with Crippen LogP contribution in [-0.4, -0.2) is 52.0 Å². The summed E-state index contributed by atoms with van der Waals surface area (Å²) in [6.07, 6.45) is -0.340. The number of aliphatic hydroxyl groups excluding tert-OH is 2. The molecule has 7 heteroatoms. The molecule has 2 aliphatic carbocycles. The number of benzene rings is 1. The van der Waals surface area contributed by atoms with Crippen LogP contribution in [0.4, 0.5) is 0 Å². The molecular weight excluding hydrogens is 448 g/mol. The molecular formula is C28H40O7. The van der Waals surface area contributed by atoms with Crippen molar-refractivity contribution in [3.8, 4) is 11.5 Å². The van der Waals surface area contributed by atoms with E-state index in [0.717, 1.165) is 30.4 Å². The van der Waals surface area contributed by atoms with E-state index in [1.807, 2.05) is 6.92 Å². The van der Waals surface area contributed by atoms with Gasteiger partial charge in [-0.05, 0) is 81.4 Å². The highest BCUT2D eigenvalue weighted by atomic mass is 16.7. The van der Waals surface area contributed by atoms with Gasteiger partial charge in [-0.25, -0.2) is 0 Å². The fraction of sp³-hybridized carbons (Fsp3) is 0.679. The van der Waals surface area contributed by atoms with Crippen molar-refractivity contribution in [2.75, 3.05) is 0 Å². The minimum absolute atomic E-state index is 0.101. The number of phenolic OH excluding ortho intramolecular Hbond substituents is 1. The Morgan fingerprint density at radius 1 is 1.03 bits per heavy atom. The molecule has 9 atom stereocenters. The number of hydrogen-bond donors (Lipinski definition) is 3. The van der Waals surface area contributed by atoms with Gasteiger partial charge in [0.15, 0.2) is 17.6 Å². The van der Waals surface area contributed by atoms with Crippen LogP contribution in [0, 0.1) is 12.8 Å². The molecule has 7 nitrogen and oxygen atoms in total. The fourth-order valence-electron chi connectivity index (χ4n) is 6.51. The molecule has 194 valence electrons. The minimum Gasteiger partial charge on any atom is -0.504 e. The molecule has 0 radical (unpaired) electrons. The molecule has 1 saturated heterocycles. The number of esters is 1. The molecule has 0 bridgehead atoms. The van der Waals surface area contributed by atoms with Gasteiger partial charge in [0, 0.05) is 18.4 Å². The maximum absolute atomic E-state index is 11.5. The highest BCUT2D eigenvalue weighted by Crippen LogP contribution is 2.58. The first-order valence-electron chi connectivity index (χ1n) is 12.8. The zero-order valence-corrected chi connectivity index (χ0v) is 21.9. The fourth-order valence-corrected chi connectivity index (χ4v) is 6.51. The summed E-state index contributed by atoms with van der Waals surface area (Å²) in [6.45, 7) is 13.5. The van der Waals surface area contributed by atoms with Crippen LogP contribution in [0.25, 0.3) is 0 Å². The summed E-state index contributed by atoms with van der Waals surface area (Å²) < 4.78 is 17.2. The van der Waals surface area contributed by atoms with Crippen molar-refractivity contribution in [3.05, 3.63) is 33.9 Å². The van der Waals surface area contributed by atoms with Crippen LogP contribution in [0.15, 0.2) is 11.6 Å². The Balaban J connectivity index is 1.78. The molecule has 1 aromatic rings. The Morgan fingerprint density at radius 3 is 2.34 bits per heavy atom. The highest BCUT2D eigenvalue weighted by Gasteiger charge is 2.47. The van der Waals surface area contributed by atoms with E-state index in [4.69, 9.17) is 14.2 Å². The molecule has 1 fully saturated rings. The average molecular weight is 489 g/mol. The Hall–Kier alpha value is -2.09. The van der Waals surface area contributed by atoms with Crippen LogP contribution in [0.1, 0.15) is 101 Å². The van der Waals surface area contributed by atoms with Gasteiger partial charge in [-0.15, -0.1) is 0 Å². The molecule has 1 aliphatic heterocycles. The lowest BCUT2D eigenvalue weighted by Gasteiger charge is -2.44. The van der Waals surface area contributed by atoms with Crippen molar-refractivity contribution in [2.45, 2.75) is 116 Å². The molecule has 0 amide bonds. The molecule has 4 rings (SSSR count). The Bertz CT molecular complexity index is 1010. The molecule has 0 unspecified atom stereocenters. The summed E-state index contributed by atoms with van der Waals surface area (Å²) in [4.78, 5) is 11.4. The van der Waals surface area contributed by atoms with Gasteiger partial charge < -0.3 is 29.5 Å². The molecule has 0 aromatic heterocycles. The third kappa shape index (κ3) is 4.58. The lowest BCUT2D eigenvalue weighted by molar-refractivity contribution is -0.272. The largest absolute Gasteiger partial charge is 0.504 e. The van der Waals surface area contributed by atoms with Crippen molar-refractivity contribution in [2.24, 2.45) is 5.92 Å². The molecule has 35 heavy (non-hydrogen) atoms. The van der Waals surface area contributed by atoms with Crippen LogP contribution in [0.2, 0.25) is 0 Å². The van der Waals surface area contributed by atoms with Gasteiger partial charge in [0.05, 0.1) is 6.10 Å². The topological polar surface area (TPSA) is 105 Å². The first-order chi connectivity index (χ1) is 16.4. The van der Waals surface area contributed by atoms with Crippen LogP contribution in [0.3, 0.4) is 0 Å². The van der Waals surface area contributed by atoms with E-state index in [-0.39, 0.29) is 17.6 Å². The summed E-state index contributed by atoms with van der Waals surface area (Å²) >= 11 is 0. The van der Waals surface area contributed by atoms with E-state index in [2.05, 4.69) is 33.8 Å². The number of phenols is 1. The van der Waals surface area contributed by atoms with Gasteiger partial charge in [0.1, 0.15) is 12.2 Å². The predicted molar refractivity (Wildman–Crippen MR) is 132 cm³/mol. The van der Waals surface area contributed by atoms with Gasteiger partial charge >= 0.3 is 5.97 Å². The Labute approximate surface area is 208 Å². The number of aromatic hydroxyl groups is 1. The van der Waals surface area contributed by atoms with Gasteiger partial charge in [-0.3, -0.25) is 4.79 Å². The lowest BCUT2D eigenvalue weighted by atomic mass is 9.62. The minimum atomic E-state index is -1.46. The number of allylic oxidation sites excluding steroid dienone is 2. The second-order valence-electron chi connectivity index (χ2n) is 11.1. The van der Waals surface area contributed by atoms with Gasteiger partial charge in [0.25, 0.3) is 0 Å². The third-order valence-corrected chi connectivity index (χ3v) is 8.10. The molecule has 3 aliphatic rings. The van der Waals surface area contributed by atoms with Crippen molar-refractivity contribution < 1.29 is 34.3 Å². The van der Waals surface area contributed by atoms with Gasteiger partial charge in [0.2, 0.25) is 6.29 Å². The van der Waals surface area contributed by atoms with Crippen molar-refractivity contribution in [3.63, 3.8) is 0 Å². The summed E-state index contributed by atoms with van der Waals surface area (Å²) in [5, 5.41) is 32.9. The SMILES string of the molecule is CC(=O)O[C@H]1[C@@H](O)[C@H](O)[C@H](Oc2c(C)c3c4c(c2O)[C@@H](C)CC[C@@H]4[C@@H](C)C[C@H]3C=C(C)C)O[C@H]1C. The third-order valence-electron chi connectivity index (χ3n) is 8.10. The summed E-state index contributed by atoms with van der Waals surface area (Å²) in [7, 11) is 0. The van der Waals surface area contributed by atoms with E-state index in [1.54, 1.807) is 6.92 Å². The smallest absolute Gasteiger partial charge is 0.303 e. The first kappa shape index (κ1) is 26.0. The summed E-state index contributed by atoms with van der Waals surface area (Å²) in [5.74, 6) is 1.13. The zero-order valence-electron chi connectivity index (χ0n) is 21.9. The quantitative estimate of drug-likeness (QED) is 0.422. The summed E-state index contributed by atoms with van der Waals surface area (Å²) in [6, 6.07) is 0. The number of hydrogen-bond acceptors (Lipinski definition) is 7. The number of rotatable bonds is 4. The van der Waals surface area contributed by atoms with E-state index >= 15 is 0 Å². The zero-order chi connectivity index (χ0) is 25.8. The van der Waals surface area contributed by atoms with E-state index < -0.39 is 36.7 Å². The van der Waals surface area contributed by atoms with Crippen LogP contribution in [-0.2, 0) is 14.3 Å². The Kier molecular flexibility index (Phi) is 7.24. The highest BCUT2D eigenvalue weighted by molar-refractivity contribution is 5.66. The standard InChI is InChI=1S/C28H40O7/c1-12(2)10-18-11-14(4)19-9-8-13(3)20-22(19)21(18)15(5)26(23(20)30)35-28-25(32)24(31)27(16(6)33-28)34-17(7)29/h10,13-14,16,18-19,24-25,27-28,30-32H,8-9,11H2,1-7H3/t13-,14-,16-,18+,19+,24-,25-,27+,28-/m0/s1. The molecule has 0 spiro atoms. The maximum atomic E-state index is 11.5. The number of carbonyl (C=O) groups excluding carboxylic acids is 1. The van der Waals surface area contributed by atoms with Crippen molar-refractivity contribution >= 4 is 5.97 Å². The van der Waals surface area contributed by atoms with E-state index in [9.17, 15) is 20.1 Å². The van der Waals surface area contributed by atoms with Crippen LogP contribution >= 0.6 is 0 Å². The first-order valence-corrected chi connectivity index (χ1v) is 12.8. The normalized spacial score (nSPS) is 36.2. The van der Waals surface area contributed by atoms with Crippen molar-refractivity contribution in [1.82, 2.24) is 0 Å². The van der Waals surface area contributed by atoms with Gasteiger partial charge in [-0.1, -0.05) is 25.5 Å². The number of aliphatic hydroxyl groups is 2. The maximum Gasteiger partial charge on any atom is 0.303 e. The van der Waals surface area contributed by atoms with Crippen LogP contribution < -0.4 is 4.74 Å². The molecule has 1 aromatic carbocycles. The second kappa shape index (κ2) is 9.75. The predicted octanol–water partition coefficient (Wildman–Crippen LogP) is 4.55. The van der Waals surface area contributed by atoms with Gasteiger partial charge in [-0.2, -0.15) is 0 Å². The number of ether oxygens (including phenoxy) is 3. The van der Waals surface area contributed by atoms with E-state index in [0.29, 0.717) is 17.6 Å². The number of carbonyl (C=O) groups is 1. The molecule has 0 saturated carbocycles.